The first-order valence-corrected chi connectivity index (χ1v) is 8.95. The molecule has 0 radical (unpaired) electrons. The van der Waals surface area contributed by atoms with Gasteiger partial charge >= 0.3 is 0 Å². The number of amides is 2. The highest BCUT2D eigenvalue weighted by atomic mass is 35.5. The van der Waals surface area contributed by atoms with Crippen LogP contribution in [0.1, 0.15) is 20.7 Å². The zero-order valence-electron chi connectivity index (χ0n) is 14.9. The fourth-order valence-corrected chi connectivity index (χ4v) is 3.67. The maximum Gasteiger partial charge on any atom is 0.267 e. The van der Waals surface area contributed by atoms with Crippen molar-refractivity contribution >= 4 is 40.1 Å². The van der Waals surface area contributed by atoms with Gasteiger partial charge in [0.25, 0.3) is 11.8 Å². The van der Waals surface area contributed by atoms with Gasteiger partial charge in [-0.2, -0.15) is 5.10 Å². The number of hydrogen-bond acceptors (Lipinski definition) is 5. The number of rotatable bonds is 2. The van der Waals surface area contributed by atoms with Crippen molar-refractivity contribution in [3.63, 3.8) is 0 Å². The van der Waals surface area contributed by atoms with Crippen molar-refractivity contribution < 1.29 is 14.0 Å². The zero-order chi connectivity index (χ0) is 20.3. The predicted octanol–water partition coefficient (Wildman–Crippen LogP) is 3.62. The second-order valence-corrected chi connectivity index (χ2v) is 6.90. The normalized spacial score (nSPS) is 13.4. The number of aromatic nitrogens is 4. The molecule has 0 spiro atoms. The highest BCUT2D eigenvalue weighted by Gasteiger charge is 2.40. The fourth-order valence-electron chi connectivity index (χ4n) is 3.50. The first kappa shape index (κ1) is 17.4. The highest BCUT2D eigenvalue weighted by molar-refractivity contribution is 6.38. The Labute approximate surface area is 168 Å². The Balaban J connectivity index is 1.76. The highest BCUT2D eigenvalue weighted by Crippen LogP contribution is 2.37. The van der Waals surface area contributed by atoms with E-state index in [-0.39, 0.29) is 21.8 Å². The maximum atomic E-state index is 13.5. The third-order valence-corrected chi connectivity index (χ3v) is 5.11. The summed E-state index contributed by atoms with van der Waals surface area (Å²) in [7, 11) is 1.71. The van der Waals surface area contributed by atoms with E-state index >= 15 is 0 Å². The smallest absolute Gasteiger partial charge is 0.267 e. The summed E-state index contributed by atoms with van der Waals surface area (Å²) in [6, 6.07) is 7.22. The minimum absolute atomic E-state index is 0.159. The summed E-state index contributed by atoms with van der Waals surface area (Å²) in [5.74, 6) is -1.72. The first-order valence-electron chi connectivity index (χ1n) is 8.57. The lowest BCUT2D eigenvalue weighted by molar-refractivity contribution is 0.0926. The van der Waals surface area contributed by atoms with Gasteiger partial charge in [-0.05, 0) is 30.3 Å². The van der Waals surface area contributed by atoms with E-state index in [1.54, 1.807) is 36.3 Å². The van der Waals surface area contributed by atoms with Crippen LogP contribution in [0.3, 0.4) is 0 Å². The fraction of sp³-hybridized carbons (Fsp3) is 0.0500. The molecule has 9 heteroatoms. The van der Waals surface area contributed by atoms with Crippen molar-refractivity contribution in [1.29, 1.82) is 0 Å². The number of fused-ring (bicyclic) bond motifs is 3. The topological polar surface area (TPSA) is 81.0 Å². The molecule has 0 saturated carbocycles. The van der Waals surface area contributed by atoms with Gasteiger partial charge < -0.3 is 0 Å². The minimum Gasteiger partial charge on any atom is -0.268 e. The van der Waals surface area contributed by atoms with Crippen molar-refractivity contribution in [1.82, 2.24) is 19.7 Å². The van der Waals surface area contributed by atoms with Crippen LogP contribution in [0.5, 0.6) is 0 Å². The lowest BCUT2D eigenvalue weighted by Crippen LogP contribution is -2.29. The van der Waals surface area contributed by atoms with Gasteiger partial charge in [0.05, 0.1) is 27.2 Å². The van der Waals surface area contributed by atoms with Crippen LogP contribution < -0.4 is 4.90 Å². The lowest BCUT2D eigenvalue weighted by Gasteiger charge is -2.14. The average Bonchev–Trinajstić information content (AvgIpc) is 3.19. The molecule has 5 rings (SSSR count). The SMILES string of the molecule is Cn1nc(-c2ccncc2)c2c3c(cnc21)C(=O)N(c1ccc(F)c(Cl)c1)C3=O. The van der Waals surface area contributed by atoms with E-state index in [2.05, 4.69) is 15.1 Å². The molecule has 0 atom stereocenters. The van der Waals surface area contributed by atoms with Gasteiger partial charge in [0.2, 0.25) is 0 Å². The number of hydrogen-bond donors (Lipinski definition) is 0. The lowest BCUT2D eigenvalue weighted by atomic mass is 10.0. The molecule has 0 saturated heterocycles. The van der Waals surface area contributed by atoms with Crippen LogP contribution in [-0.4, -0.2) is 31.6 Å². The second kappa shape index (κ2) is 6.18. The van der Waals surface area contributed by atoms with Crippen molar-refractivity contribution in [3.05, 3.63) is 70.9 Å². The summed E-state index contributed by atoms with van der Waals surface area (Å²) in [6.07, 6.45) is 4.60. The first-order chi connectivity index (χ1) is 14.0. The van der Waals surface area contributed by atoms with E-state index < -0.39 is 17.6 Å². The molecule has 4 aromatic rings. The molecule has 0 N–H and O–H groups in total. The minimum atomic E-state index is -0.636. The number of halogens is 2. The Hall–Kier alpha value is -3.65. The predicted molar refractivity (Wildman–Crippen MR) is 104 cm³/mol. The van der Waals surface area contributed by atoms with Gasteiger partial charge in [0.1, 0.15) is 11.5 Å². The second-order valence-electron chi connectivity index (χ2n) is 6.50. The van der Waals surface area contributed by atoms with Crippen LogP contribution in [0.25, 0.3) is 22.3 Å². The molecule has 3 aromatic heterocycles. The van der Waals surface area contributed by atoms with Crippen LogP contribution in [0, 0.1) is 5.82 Å². The summed E-state index contributed by atoms with van der Waals surface area (Å²) in [5.41, 5.74) is 2.28. The van der Waals surface area contributed by atoms with Crippen molar-refractivity contribution in [2.24, 2.45) is 7.05 Å². The molecule has 2 amide bonds. The molecule has 0 aliphatic carbocycles. The molecule has 7 nitrogen and oxygen atoms in total. The van der Waals surface area contributed by atoms with E-state index in [9.17, 15) is 14.0 Å². The molecule has 0 unspecified atom stereocenters. The third kappa shape index (κ3) is 2.46. The largest absolute Gasteiger partial charge is 0.268 e. The standard InChI is InChI=1S/C20H11ClFN5O2/c1-26-18-16(17(25-26)10-4-6-23-7-5-10)15-12(9-24-18)19(28)27(20(15)29)11-2-3-14(22)13(21)8-11/h2-9H,1H3. The van der Waals surface area contributed by atoms with Crippen molar-refractivity contribution in [2.75, 3.05) is 4.90 Å². The number of imide groups is 1. The van der Waals surface area contributed by atoms with E-state index in [1.165, 1.54) is 18.3 Å². The number of aryl methyl sites for hydroxylation is 1. The number of benzene rings is 1. The maximum absolute atomic E-state index is 13.5. The molecule has 0 bridgehead atoms. The summed E-state index contributed by atoms with van der Waals surface area (Å²) in [5, 5.41) is 4.79. The molecule has 1 aliphatic rings. The Bertz CT molecular complexity index is 1340. The molecule has 142 valence electrons. The van der Waals surface area contributed by atoms with Gasteiger partial charge in [-0.3, -0.25) is 14.6 Å². The van der Waals surface area contributed by atoms with Gasteiger partial charge in [-0.15, -0.1) is 0 Å². The van der Waals surface area contributed by atoms with Gasteiger partial charge in [-0.1, -0.05) is 11.6 Å². The Morgan fingerprint density at radius 2 is 1.83 bits per heavy atom. The van der Waals surface area contributed by atoms with Crippen LogP contribution in [0.4, 0.5) is 10.1 Å². The summed E-state index contributed by atoms with van der Waals surface area (Å²) in [4.78, 5) is 35.6. The Morgan fingerprint density at radius 3 is 2.55 bits per heavy atom. The van der Waals surface area contributed by atoms with E-state index in [0.29, 0.717) is 16.7 Å². The van der Waals surface area contributed by atoms with Crippen molar-refractivity contribution in [3.8, 4) is 11.3 Å². The number of anilines is 1. The monoisotopic (exact) mass is 407 g/mol. The number of carbonyl (C=O) groups is 2. The molecule has 4 heterocycles. The number of carbonyl (C=O) groups excluding carboxylic acids is 2. The van der Waals surface area contributed by atoms with E-state index in [4.69, 9.17) is 11.6 Å². The number of nitrogens with zero attached hydrogens (tertiary/aromatic N) is 5. The van der Waals surface area contributed by atoms with Crippen LogP contribution in [0.15, 0.2) is 48.9 Å². The van der Waals surface area contributed by atoms with Gasteiger partial charge in [0, 0.05) is 31.2 Å². The quantitative estimate of drug-likeness (QED) is 0.474. The molecule has 29 heavy (non-hydrogen) atoms. The summed E-state index contributed by atoms with van der Waals surface area (Å²) >= 11 is 5.85. The molecule has 1 aromatic carbocycles. The molecular formula is C20H11ClFN5O2. The van der Waals surface area contributed by atoms with Gasteiger partial charge in [0.15, 0.2) is 5.65 Å². The van der Waals surface area contributed by atoms with Gasteiger partial charge in [-0.25, -0.2) is 19.0 Å². The van der Waals surface area contributed by atoms with Crippen LogP contribution >= 0.6 is 11.6 Å². The van der Waals surface area contributed by atoms with E-state index in [0.717, 1.165) is 16.5 Å². The zero-order valence-corrected chi connectivity index (χ0v) is 15.7. The average molecular weight is 408 g/mol. The van der Waals surface area contributed by atoms with Crippen LogP contribution in [0.2, 0.25) is 5.02 Å². The summed E-state index contributed by atoms with van der Waals surface area (Å²) < 4.78 is 15.1. The number of pyridine rings is 2. The Morgan fingerprint density at radius 1 is 1.07 bits per heavy atom. The third-order valence-electron chi connectivity index (χ3n) is 4.82. The molecule has 0 fully saturated rings. The van der Waals surface area contributed by atoms with E-state index in [1.807, 2.05) is 0 Å². The summed E-state index contributed by atoms with van der Waals surface area (Å²) in [6.45, 7) is 0. The Kier molecular flexibility index (Phi) is 3.72. The van der Waals surface area contributed by atoms with Crippen molar-refractivity contribution in [2.45, 2.75) is 0 Å². The molecular weight excluding hydrogens is 397 g/mol. The van der Waals surface area contributed by atoms with Crippen LogP contribution in [-0.2, 0) is 7.05 Å². The molecule has 1 aliphatic heterocycles.